The molecular weight excluding hydrogens is 332 g/mol. The Hall–Kier alpha value is -2.31. The van der Waals surface area contributed by atoms with Gasteiger partial charge in [0.15, 0.2) is 0 Å². The number of piperidine rings is 1. The van der Waals surface area contributed by atoms with Crippen LogP contribution in [0.3, 0.4) is 0 Å². The van der Waals surface area contributed by atoms with E-state index < -0.39 is 0 Å². The molecule has 0 bridgehead atoms. The van der Waals surface area contributed by atoms with Gasteiger partial charge in [0.2, 0.25) is 5.95 Å². The van der Waals surface area contributed by atoms with Crippen LogP contribution >= 0.6 is 11.3 Å². The summed E-state index contributed by atoms with van der Waals surface area (Å²) in [6.45, 7) is 1.97. The summed E-state index contributed by atoms with van der Waals surface area (Å²) in [6.07, 6.45) is 5.79. The predicted molar refractivity (Wildman–Crippen MR) is 101 cm³/mol. The van der Waals surface area contributed by atoms with Crippen molar-refractivity contribution >= 4 is 17.3 Å². The first kappa shape index (κ1) is 16.2. The van der Waals surface area contributed by atoms with Gasteiger partial charge in [0, 0.05) is 37.7 Å². The van der Waals surface area contributed by atoms with Gasteiger partial charge in [0.05, 0.1) is 16.3 Å². The Balaban J connectivity index is 1.75. The Bertz CT molecular complexity index is 823. The van der Waals surface area contributed by atoms with Crippen LogP contribution in [0.1, 0.15) is 12.8 Å². The minimum absolute atomic E-state index is 0.223. The Kier molecular flexibility index (Phi) is 4.72. The molecule has 5 nitrogen and oxygen atoms in total. The molecule has 1 aliphatic rings. The van der Waals surface area contributed by atoms with E-state index in [4.69, 9.17) is 4.98 Å². The number of aliphatic hydroxyl groups is 1. The maximum atomic E-state index is 9.48. The van der Waals surface area contributed by atoms with E-state index in [1.165, 1.54) is 0 Å². The molecule has 0 unspecified atom stereocenters. The smallest absolute Gasteiger partial charge is 0.225 e. The molecule has 1 aliphatic heterocycles. The Labute approximate surface area is 151 Å². The van der Waals surface area contributed by atoms with Crippen LogP contribution in [0, 0.1) is 5.92 Å². The highest BCUT2D eigenvalue weighted by atomic mass is 32.1. The quantitative estimate of drug-likeness (QED) is 0.779. The summed E-state index contributed by atoms with van der Waals surface area (Å²) < 4.78 is 0. The van der Waals surface area contributed by atoms with Crippen LogP contribution in [-0.4, -0.2) is 39.8 Å². The minimum atomic E-state index is 0.223. The van der Waals surface area contributed by atoms with Crippen LogP contribution in [0.15, 0.2) is 48.1 Å². The normalized spacial score (nSPS) is 17.6. The molecule has 0 spiro atoms. The second-order valence-electron chi connectivity index (χ2n) is 6.26. The summed E-state index contributed by atoms with van der Waals surface area (Å²) in [4.78, 5) is 17.3. The molecule has 4 heterocycles. The number of aromatic nitrogens is 3. The lowest BCUT2D eigenvalue weighted by atomic mass is 9.99. The van der Waals surface area contributed by atoms with Gasteiger partial charge >= 0.3 is 0 Å². The number of anilines is 1. The molecule has 1 atom stereocenters. The molecule has 0 saturated carbocycles. The average Bonchev–Trinajstić information content (AvgIpc) is 3.23. The minimum Gasteiger partial charge on any atom is -0.396 e. The highest BCUT2D eigenvalue weighted by Crippen LogP contribution is 2.33. The van der Waals surface area contributed by atoms with E-state index >= 15 is 0 Å². The van der Waals surface area contributed by atoms with Crippen LogP contribution in [0.5, 0.6) is 0 Å². The van der Waals surface area contributed by atoms with E-state index in [2.05, 4.69) is 26.3 Å². The molecule has 25 heavy (non-hydrogen) atoms. The van der Waals surface area contributed by atoms with Crippen molar-refractivity contribution < 1.29 is 5.11 Å². The zero-order valence-electron chi connectivity index (χ0n) is 13.9. The van der Waals surface area contributed by atoms with Crippen LogP contribution < -0.4 is 4.90 Å². The Morgan fingerprint density at radius 2 is 2.16 bits per heavy atom. The van der Waals surface area contributed by atoms with E-state index in [9.17, 15) is 5.11 Å². The summed E-state index contributed by atoms with van der Waals surface area (Å²) in [6, 6.07) is 9.98. The van der Waals surface area contributed by atoms with Gasteiger partial charge in [0.1, 0.15) is 0 Å². The highest BCUT2D eigenvalue weighted by Gasteiger charge is 2.23. The molecule has 0 aromatic carbocycles. The molecule has 1 N–H and O–H groups in total. The zero-order chi connectivity index (χ0) is 17.1. The summed E-state index contributed by atoms with van der Waals surface area (Å²) in [7, 11) is 0. The number of hydrogen-bond donors (Lipinski definition) is 1. The predicted octanol–water partition coefficient (Wildman–Crippen LogP) is 3.48. The summed E-state index contributed by atoms with van der Waals surface area (Å²) in [5.41, 5.74) is 2.75. The molecule has 1 saturated heterocycles. The number of nitrogens with zero attached hydrogens (tertiary/aromatic N) is 4. The molecule has 1 fully saturated rings. The van der Waals surface area contributed by atoms with Crippen molar-refractivity contribution in [1.29, 1.82) is 0 Å². The van der Waals surface area contributed by atoms with Crippen molar-refractivity contribution in [3.8, 4) is 21.8 Å². The highest BCUT2D eigenvalue weighted by molar-refractivity contribution is 7.13. The first-order chi connectivity index (χ1) is 12.3. The molecule has 3 aromatic rings. The standard InChI is InChI=1S/C19H20N4OS/c24-13-14-5-3-9-23(12-14)19-21-11-15(16-6-1-2-8-20-16)18(22-19)17-7-4-10-25-17/h1-2,4,6-8,10-11,14,24H,3,5,9,12-13H2/t14-/m0/s1. The number of thiophene rings is 1. The SMILES string of the molecule is OC[C@H]1CCCN(c2ncc(-c3ccccn3)c(-c3cccs3)n2)C1. The topological polar surface area (TPSA) is 62.1 Å². The van der Waals surface area contributed by atoms with Crippen LogP contribution in [0.2, 0.25) is 0 Å². The lowest BCUT2D eigenvalue weighted by Gasteiger charge is -2.32. The molecule has 0 amide bonds. The molecule has 0 aliphatic carbocycles. The van der Waals surface area contributed by atoms with Gasteiger partial charge in [-0.2, -0.15) is 0 Å². The fourth-order valence-corrected chi connectivity index (χ4v) is 3.96. The second kappa shape index (κ2) is 7.29. The van der Waals surface area contributed by atoms with Gasteiger partial charge in [-0.25, -0.2) is 9.97 Å². The lowest BCUT2D eigenvalue weighted by molar-refractivity contribution is 0.208. The van der Waals surface area contributed by atoms with E-state index in [0.29, 0.717) is 5.92 Å². The maximum absolute atomic E-state index is 9.48. The first-order valence-corrected chi connectivity index (χ1v) is 9.41. The molecule has 3 aromatic heterocycles. The van der Waals surface area contributed by atoms with Crippen molar-refractivity contribution in [2.45, 2.75) is 12.8 Å². The van der Waals surface area contributed by atoms with Gasteiger partial charge in [-0.1, -0.05) is 12.1 Å². The molecule has 0 radical (unpaired) electrons. The third kappa shape index (κ3) is 3.41. The third-order valence-electron chi connectivity index (χ3n) is 4.53. The lowest BCUT2D eigenvalue weighted by Crippen LogP contribution is -2.37. The first-order valence-electron chi connectivity index (χ1n) is 8.53. The van der Waals surface area contributed by atoms with Crippen molar-refractivity contribution in [2.75, 3.05) is 24.6 Å². The number of aliphatic hydroxyl groups excluding tert-OH is 1. The fourth-order valence-electron chi connectivity index (χ4n) is 3.23. The van der Waals surface area contributed by atoms with Gasteiger partial charge < -0.3 is 10.0 Å². The number of hydrogen-bond acceptors (Lipinski definition) is 6. The fraction of sp³-hybridized carbons (Fsp3) is 0.316. The van der Waals surface area contributed by atoms with Crippen molar-refractivity contribution in [2.24, 2.45) is 5.92 Å². The van der Waals surface area contributed by atoms with E-state index in [1.807, 2.05) is 30.5 Å². The maximum Gasteiger partial charge on any atom is 0.225 e. The second-order valence-corrected chi connectivity index (χ2v) is 7.21. The van der Waals surface area contributed by atoms with Crippen LogP contribution in [0.25, 0.3) is 21.8 Å². The molecule has 6 heteroatoms. The van der Waals surface area contributed by atoms with E-state index in [1.54, 1.807) is 17.5 Å². The third-order valence-corrected chi connectivity index (χ3v) is 5.41. The van der Waals surface area contributed by atoms with E-state index in [-0.39, 0.29) is 6.61 Å². The van der Waals surface area contributed by atoms with Crippen molar-refractivity contribution in [3.05, 3.63) is 48.1 Å². The van der Waals surface area contributed by atoms with Crippen molar-refractivity contribution in [1.82, 2.24) is 15.0 Å². The molecule has 4 rings (SSSR count). The van der Waals surface area contributed by atoms with Gasteiger partial charge in [-0.3, -0.25) is 4.98 Å². The largest absolute Gasteiger partial charge is 0.396 e. The monoisotopic (exact) mass is 352 g/mol. The van der Waals surface area contributed by atoms with Crippen LogP contribution in [0.4, 0.5) is 5.95 Å². The molecular formula is C19H20N4OS. The number of pyridine rings is 1. The van der Waals surface area contributed by atoms with Gasteiger partial charge in [-0.05, 0) is 42.3 Å². The summed E-state index contributed by atoms with van der Waals surface area (Å²) in [5, 5.41) is 11.5. The van der Waals surface area contributed by atoms with Crippen LogP contribution in [-0.2, 0) is 0 Å². The summed E-state index contributed by atoms with van der Waals surface area (Å²) >= 11 is 1.67. The van der Waals surface area contributed by atoms with E-state index in [0.717, 1.165) is 53.7 Å². The van der Waals surface area contributed by atoms with Crippen molar-refractivity contribution in [3.63, 3.8) is 0 Å². The van der Waals surface area contributed by atoms with Gasteiger partial charge in [-0.15, -0.1) is 11.3 Å². The Morgan fingerprint density at radius 1 is 1.20 bits per heavy atom. The number of rotatable bonds is 4. The zero-order valence-corrected chi connectivity index (χ0v) is 14.7. The average molecular weight is 352 g/mol. The molecule has 128 valence electrons. The van der Waals surface area contributed by atoms with Gasteiger partial charge in [0.25, 0.3) is 0 Å². The summed E-state index contributed by atoms with van der Waals surface area (Å²) in [5.74, 6) is 1.04. The Morgan fingerprint density at radius 3 is 2.92 bits per heavy atom.